The zero-order valence-corrected chi connectivity index (χ0v) is 25.1. The summed E-state index contributed by atoms with van der Waals surface area (Å²) in [5, 5.41) is 5.61. The molecule has 2 aromatic rings. The fourth-order valence-corrected chi connectivity index (χ4v) is 5.87. The molecule has 9 heteroatoms. The number of ether oxygens (including phenoxy) is 1. The van der Waals surface area contributed by atoms with E-state index in [1.54, 1.807) is 4.90 Å². The first-order valence-electron chi connectivity index (χ1n) is 15.1. The smallest absolute Gasteiger partial charge is 0.407 e. The van der Waals surface area contributed by atoms with Crippen molar-refractivity contribution in [1.82, 2.24) is 15.5 Å². The molecule has 2 aromatic carbocycles. The molecule has 0 aromatic heterocycles. The number of methoxy groups -OCH3 is 1. The molecule has 0 spiro atoms. The van der Waals surface area contributed by atoms with Gasteiger partial charge in [0, 0.05) is 19.0 Å². The molecule has 3 atom stereocenters. The highest BCUT2D eigenvalue weighted by molar-refractivity contribution is 6.07. The van der Waals surface area contributed by atoms with Crippen molar-refractivity contribution in [3.05, 3.63) is 71.8 Å². The number of benzene rings is 2. The maximum Gasteiger partial charge on any atom is 0.407 e. The molecule has 226 valence electrons. The second kappa shape index (κ2) is 14.3. The van der Waals surface area contributed by atoms with E-state index in [4.69, 9.17) is 15.5 Å². The summed E-state index contributed by atoms with van der Waals surface area (Å²) < 4.78 is 4.74. The van der Waals surface area contributed by atoms with E-state index < -0.39 is 17.7 Å². The first kappa shape index (κ1) is 31.1. The lowest BCUT2D eigenvalue weighted by Crippen LogP contribution is -2.50. The number of alkyl carbamates (subject to hydrolysis) is 1. The molecule has 1 fully saturated rings. The van der Waals surface area contributed by atoms with Crippen LogP contribution in [0.15, 0.2) is 65.7 Å². The molecule has 1 heterocycles. The van der Waals surface area contributed by atoms with Crippen LogP contribution < -0.4 is 16.4 Å². The standard InChI is InChI=1S/C33H45N5O4/c1-23(2)22-33(26-13-8-5-9-14-26)30(40)38(31(34)37-33)27(19-18-24-16-17-24)15-10-20-35-29(39)28(36-32(41)42-3)21-25-11-6-4-7-12-25/h4-9,11-14,23-24,27-28H,10,15-22H2,1-3H3,(H2,34,37)(H,35,39)(H,36,41)/t27-,28-,33+/m0/s1. The highest BCUT2D eigenvalue weighted by Gasteiger charge is 2.51. The van der Waals surface area contributed by atoms with Crippen molar-refractivity contribution < 1.29 is 19.1 Å². The lowest BCUT2D eigenvalue weighted by Gasteiger charge is -2.32. The molecule has 3 amide bonds. The molecule has 42 heavy (non-hydrogen) atoms. The van der Waals surface area contributed by atoms with Gasteiger partial charge in [0.25, 0.3) is 5.91 Å². The lowest BCUT2D eigenvalue weighted by molar-refractivity contribution is -0.134. The molecule has 0 radical (unpaired) electrons. The van der Waals surface area contributed by atoms with Crippen LogP contribution in [0.4, 0.5) is 4.79 Å². The number of nitrogens with zero attached hydrogens (tertiary/aromatic N) is 2. The van der Waals surface area contributed by atoms with Gasteiger partial charge in [-0.1, -0.05) is 87.4 Å². The minimum atomic E-state index is -1.02. The molecule has 1 aliphatic heterocycles. The number of aliphatic imine (C=N–C) groups is 1. The molecule has 4 rings (SSSR count). The van der Waals surface area contributed by atoms with Gasteiger partial charge in [-0.25, -0.2) is 9.79 Å². The van der Waals surface area contributed by atoms with Gasteiger partial charge >= 0.3 is 6.09 Å². The van der Waals surface area contributed by atoms with Gasteiger partial charge in [0.1, 0.15) is 6.04 Å². The summed E-state index contributed by atoms with van der Waals surface area (Å²) >= 11 is 0. The lowest BCUT2D eigenvalue weighted by atomic mass is 9.82. The maximum absolute atomic E-state index is 14.2. The quantitative estimate of drug-likeness (QED) is 0.270. The Kier molecular flexibility index (Phi) is 10.6. The van der Waals surface area contributed by atoms with Crippen molar-refractivity contribution in [2.24, 2.45) is 22.6 Å². The van der Waals surface area contributed by atoms with Gasteiger partial charge in [0.15, 0.2) is 11.5 Å². The van der Waals surface area contributed by atoms with Crippen LogP contribution in [-0.2, 0) is 26.3 Å². The number of guanidine groups is 1. The number of nitrogens with one attached hydrogen (secondary N) is 2. The highest BCUT2D eigenvalue weighted by Crippen LogP contribution is 2.41. The molecule has 4 N–H and O–H groups in total. The van der Waals surface area contributed by atoms with Gasteiger partial charge in [-0.3, -0.25) is 14.5 Å². The second-order valence-electron chi connectivity index (χ2n) is 12.0. The summed E-state index contributed by atoms with van der Waals surface area (Å²) in [5.74, 6) is 0.889. The number of amides is 3. The van der Waals surface area contributed by atoms with Gasteiger partial charge in [-0.15, -0.1) is 0 Å². The summed E-state index contributed by atoms with van der Waals surface area (Å²) in [5.41, 5.74) is 7.32. The van der Waals surface area contributed by atoms with Crippen LogP contribution in [0.3, 0.4) is 0 Å². The molecule has 0 bridgehead atoms. The predicted molar refractivity (Wildman–Crippen MR) is 164 cm³/mol. The number of rotatable bonds is 15. The third-order valence-electron chi connectivity index (χ3n) is 8.14. The van der Waals surface area contributed by atoms with Crippen molar-refractivity contribution in [2.45, 2.75) is 82.8 Å². The monoisotopic (exact) mass is 575 g/mol. The van der Waals surface area contributed by atoms with E-state index in [2.05, 4.69) is 24.5 Å². The fourth-order valence-electron chi connectivity index (χ4n) is 5.87. The van der Waals surface area contributed by atoms with E-state index in [0.717, 1.165) is 24.0 Å². The van der Waals surface area contributed by atoms with Gasteiger partial charge in [-0.2, -0.15) is 0 Å². The van der Waals surface area contributed by atoms with E-state index in [-0.39, 0.29) is 29.7 Å². The first-order chi connectivity index (χ1) is 20.2. The Morgan fingerprint density at radius 1 is 1.07 bits per heavy atom. The molecule has 9 nitrogen and oxygen atoms in total. The molecule has 2 aliphatic rings. The Hall–Kier alpha value is -3.88. The van der Waals surface area contributed by atoms with Crippen LogP contribution in [-0.4, -0.2) is 54.5 Å². The van der Waals surface area contributed by atoms with Crippen LogP contribution in [0.25, 0.3) is 0 Å². The fraction of sp³-hybridized carbons (Fsp3) is 0.515. The average molecular weight is 576 g/mol. The molecule has 1 saturated carbocycles. The zero-order chi connectivity index (χ0) is 30.1. The van der Waals surface area contributed by atoms with Crippen LogP contribution in [0.2, 0.25) is 0 Å². The Balaban J connectivity index is 1.43. The number of hydrogen-bond acceptors (Lipinski definition) is 6. The number of hydrogen-bond donors (Lipinski definition) is 3. The number of nitrogens with two attached hydrogens (primary N) is 1. The summed E-state index contributed by atoms with van der Waals surface area (Å²) in [7, 11) is 1.27. The van der Waals surface area contributed by atoms with E-state index >= 15 is 0 Å². The maximum atomic E-state index is 14.2. The average Bonchev–Trinajstić information content (AvgIpc) is 3.78. The van der Waals surface area contributed by atoms with E-state index in [1.165, 1.54) is 20.0 Å². The summed E-state index contributed by atoms with van der Waals surface area (Å²) in [6.07, 6.45) is 5.94. The third kappa shape index (κ3) is 7.89. The van der Waals surface area contributed by atoms with Crippen LogP contribution in [0.5, 0.6) is 0 Å². The molecule has 1 aliphatic carbocycles. The minimum Gasteiger partial charge on any atom is -0.453 e. The molecule has 0 saturated heterocycles. The Morgan fingerprint density at radius 3 is 2.36 bits per heavy atom. The topological polar surface area (TPSA) is 126 Å². The van der Waals surface area contributed by atoms with Gasteiger partial charge in [-0.05, 0) is 55.1 Å². The van der Waals surface area contributed by atoms with Crippen molar-refractivity contribution in [3.8, 4) is 0 Å². The number of carbonyl (C=O) groups excluding carboxylic acids is 3. The van der Waals surface area contributed by atoms with Crippen molar-refractivity contribution in [1.29, 1.82) is 0 Å². The van der Waals surface area contributed by atoms with Crippen molar-refractivity contribution in [2.75, 3.05) is 13.7 Å². The van der Waals surface area contributed by atoms with E-state index in [9.17, 15) is 14.4 Å². The summed E-state index contributed by atoms with van der Waals surface area (Å²) in [4.78, 5) is 45.8. The minimum absolute atomic E-state index is 0.0602. The zero-order valence-electron chi connectivity index (χ0n) is 25.1. The third-order valence-corrected chi connectivity index (χ3v) is 8.14. The molecular formula is C33H45N5O4. The molecular weight excluding hydrogens is 530 g/mol. The van der Waals surface area contributed by atoms with Crippen LogP contribution in [0, 0.1) is 11.8 Å². The van der Waals surface area contributed by atoms with Crippen molar-refractivity contribution in [3.63, 3.8) is 0 Å². The predicted octanol–water partition coefficient (Wildman–Crippen LogP) is 4.51. The van der Waals surface area contributed by atoms with E-state index in [1.807, 2.05) is 60.7 Å². The highest BCUT2D eigenvalue weighted by atomic mass is 16.5. The Morgan fingerprint density at radius 2 is 1.74 bits per heavy atom. The van der Waals surface area contributed by atoms with Crippen molar-refractivity contribution >= 4 is 23.9 Å². The second-order valence-corrected chi connectivity index (χ2v) is 12.0. The number of carbonyl (C=O) groups is 3. The Labute approximate surface area is 249 Å². The van der Waals surface area contributed by atoms with Gasteiger partial charge in [0.05, 0.1) is 7.11 Å². The molecule has 0 unspecified atom stereocenters. The summed E-state index contributed by atoms with van der Waals surface area (Å²) in [6.45, 7) is 4.60. The normalized spacial score (nSPS) is 19.8. The van der Waals surface area contributed by atoms with Crippen LogP contribution >= 0.6 is 0 Å². The SMILES string of the molecule is COC(=O)N[C@@H](Cc1ccccc1)C(=O)NCCC[C@@H](CCC1CC1)N1C(=O)[C@@](CC(C)C)(c2ccccc2)N=C1N. The van der Waals surface area contributed by atoms with Gasteiger partial charge in [0.2, 0.25) is 5.91 Å². The summed E-state index contributed by atoms with van der Waals surface area (Å²) in [6, 6.07) is 18.4. The van der Waals surface area contributed by atoms with E-state index in [0.29, 0.717) is 38.1 Å². The largest absolute Gasteiger partial charge is 0.453 e. The Bertz CT molecular complexity index is 1230. The first-order valence-corrected chi connectivity index (χ1v) is 15.1. The van der Waals surface area contributed by atoms with Crippen LogP contribution in [0.1, 0.15) is 69.9 Å². The van der Waals surface area contributed by atoms with Gasteiger partial charge < -0.3 is 21.1 Å².